The highest BCUT2D eigenvalue weighted by molar-refractivity contribution is 5.89. The molecule has 0 atom stereocenters. The van der Waals surface area contributed by atoms with E-state index in [0.29, 0.717) is 5.92 Å². The van der Waals surface area contributed by atoms with Crippen molar-refractivity contribution in [3.05, 3.63) is 53.9 Å². The first-order valence-corrected chi connectivity index (χ1v) is 9.26. The summed E-state index contributed by atoms with van der Waals surface area (Å²) in [5.74, 6) is -1.31. The van der Waals surface area contributed by atoms with Crippen molar-refractivity contribution < 1.29 is 31.8 Å². The Hall–Kier alpha value is -2.82. The van der Waals surface area contributed by atoms with Gasteiger partial charge in [-0.2, -0.15) is 9.65 Å². The SMILES string of the molecule is N#CC(F)=C/C=C/CCC1CCC(OC(=O)c2ccc(OC(F)(F)F)cc2)CC1. The van der Waals surface area contributed by atoms with Gasteiger partial charge < -0.3 is 9.47 Å². The number of halogens is 4. The van der Waals surface area contributed by atoms with Crippen molar-refractivity contribution in [1.29, 1.82) is 5.26 Å². The van der Waals surface area contributed by atoms with E-state index in [2.05, 4.69) is 4.74 Å². The average Bonchev–Trinajstić information content (AvgIpc) is 2.68. The lowest BCUT2D eigenvalue weighted by Gasteiger charge is -2.28. The molecule has 0 radical (unpaired) electrons. The zero-order valence-corrected chi connectivity index (χ0v) is 15.6. The fraction of sp³-hybridized carbons (Fsp3) is 0.429. The van der Waals surface area contributed by atoms with Crippen molar-refractivity contribution in [2.24, 2.45) is 5.92 Å². The Morgan fingerprint density at radius 3 is 2.41 bits per heavy atom. The molecule has 29 heavy (non-hydrogen) atoms. The number of alkyl halides is 3. The summed E-state index contributed by atoms with van der Waals surface area (Å²) in [6, 6.07) is 6.03. The Kier molecular flexibility index (Phi) is 8.25. The summed E-state index contributed by atoms with van der Waals surface area (Å²) in [6.45, 7) is 0. The van der Waals surface area contributed by atoms with E-state index < -0.39 is 23.9 Å². The quantitative estimate of drug-likeness (QED) is 0.238. The number of hydrogen-bond acceptors (Lipinski definition) is 4. The van der Waals surface area contributed by atoms with E-state index in [0.717, 1.165) is 56.7 Å². The molecule has 0 saturated heterocycles. The van der Waals surface area contributed by atoms with Crippen molar-refractivity contribution >= 4 is 5.97 Å². The van der Waals surface area contributed by atoms with Gasteiger partial charge in [0.1, 0.15) is 17.9 Å². The number of carbonyl (C=O) groups is 1. The molecule has 0 aromatic heterocycles. The maximum absolute atomic E-state index is 12.6. The van der Waals surface area contributed by atoms with Crippen molar-refractivity contribution in [3.63, 3.8) is 0 Å². The molecule has 0 bridgehead atoms. The van der Waals surface area contributed by atoms with Crippen LogP contribution >= 0.6 is 0 Å². The van der Waals surface area contributed by atoms with Crippen LogP contribution in [0.25, 0.3) is 0 Å². The third-order valence-corrected chi connectivity index (χ3v) is 4.62. The van der Waals surface area contributed by atoms with E-state index in [1.165, 1.54) is 24.3 Å². The molecule has 1 aliphatic carbocycles. The van der Waals surface area contributed by atoms with Crippen LogP contribution in [0.1, 0.15) is 48.9 Å². The van der Waals surface area contributed by atoms with Crippen LogP contribution in [0.15, 0.2) is 48.3 Å². The first kappa shape index (κ1) is 22.5. The molecule has 1 fully saturated rings. The lowest BCUT2D eigenvalue weighted by atomic mass is 9.84. The number of nitriles is 1. The normalized spacial score (nSPS) is 20.3. The Balaban J connectivity index is 1.72. The van der Waals surface area contributed by atoms with Gasteiger partial charge in [-0.05, 0) is 74.8 Å². The first-order chi connectivity index (χ1) is 13.8. The van der Waals surface area contributed by atoms with E-state index >= 15 is 0 Å². The van der Waals surface area contributed by atoms with Crippen LogP contribution in [-0.4, -0.2) is 18.4 Å². The van der Waals surface area contributed by atoms with Crippen LogP contribution in [0.5, 0.6) is 5.75 Å². The van der Waals surface area contributed by atoms with Crippen molar-refractivity contribution in [3.8, 4) is 11.8 Å². The summed E-state index contributed by atoms with van der Waals surface area (Å²) < 4.78 is 58.3. The molecule has 1 aromatic rings. The van der Waals surface area contributed by atoms with Crippen LogP contribution in [0.3, 0.4) is 0 Å². The van der Waals surface area contributed by atoms with Gasteiger partial charge in [-0.25, -0.2) is 4.79 Å². The van der Waals surface area contributed by atoms with E-state index in [-0.39, 0.29) is 11.7 Å². The molecule has 0 spiro atoms. The predicted molar refractivity (Wildman–Crippen MR) is 97.5 cm³/mol. The number of esters is 1. The lowest BCUT2D eigenvalue weighted by Crippen LogP contribution is -2.24. The Morgan fingerprint density at radius 1 is 1.17 bits per heavy atom. The van der Waals surface area contributed by atoms with Crippen molar-refractivity contribution in [2.75, 3.05) is 0 Å². The van der Waals surface area contributed by atoms with Gasteiger partial charge in [0.2, 0.25) is 0 Å². The van der Waals surface area contributed by atoms with E-state index in [4.69, 9.17) is 10.00 Å². The summed E-state index contributed by atoms with van der Waals surface area (Å²) in [7, 11) is 0. The summed E-state index contributed by atoms with van der Waals surface area (Å²) in [6.07, 6.45) is 4.41. The Bertz CT molecular complexity index is 771. The molecule has 156 valence electrons. The number of ether oxygens (including phenoxy) is 2. The monoisotopic (exact) mass is 411 g/mol. The minimum Gasteiger partial charge on any atom is -0.459 e. The highest BCUT2D eigenvalue weighted by Crippen LogP contribution is 2.30. The second-order valence-corrected chi connectivity index (χ2v) is 6.75. The summed E-state index contributed by atoms with van der Waals surface area (Å²) in [5.41, 5.74) is 0.171. The fourth-order valence-corrected chi connectivity index (χ4v) is 3.17. The molecule has 1 saturated carbocycles. The largest absolute Gasteiger partial charge is 0.573 e. The third kappa shape index (κ3) is 8.38. The van der Waals surface area contributed by atoms with Gasteiger partial charge in [-0.3, -0.25) is 0 Å². The van der Waals surface area contributed by atoms with Crippen molar-refractivity contribution in [2.45, 2.75) is 51.0 Å². The molecule has 1 aromatic carbocycles. The Labute approximate surface area is 166 Å². The van der Waals surface area contributed by atoms with E-state index in [1.54, 1.807) is 0 Å². The minimum absolute atomic E-state index is 0.171. The van der Waals surface area contributed by atoms with Gasteiger partial charge in [0.15, 0.2) is 5.83 Å². The summed E-state index contributed by atoms with van der Waals surface area (Å²) in [5, 5.41) is 8.30. The van der Waals surface area contributed by atoms with Gasteiger partial charge >= 0.3 is 12.3 Å². The zero-order chi connectivity index (χ0) is 21.3. The molecular formula is C21H21F4NO3. The highest BCUT2D eigenvalue weighted by atomic mass is 19.4. The predicted octanol–water partition coefficient (Wildman–Crippen LogP) is 6.01. The molecule has 2 rings (SSSR count). The van der Waals surface area contributed by atoms with Gasteiger partial charge in [0.05, 0.1) is 5.56 Å². The van der Waals surface area contributed by atoms with Crippen LogP contribution in [0.4, 0.5) is 17.6 Å². The zero-order valence-electron chi connectivity index (χ0n) is 15.6. The molecule has 0 amide bonds. The first-order valence-electron chi connectivity index (χ1n) is 9.26. The standard InChI is InChI=1S/C21H21F4NO3/c22-17(14-26)5-3-1-2-4-15-6-10-18(11-7-15)28-20(27)16-8-12-19(13-9-16)29-21(23,24)25/h1,3,5,8-9,12-13,15,18H,2,4,6-7,10-11H2/b3-1+,17-5?. The van der Waals surface area contributed by atoms with Crippen LogP contribution in [0, 0.1) is 17.2 Å². The minimum atomic E-state index is -4.78. The lowest BCUT2D eigenvalue weighted by molar-refractivity contribution is -0.274. The molecule has 0 heterocycles. The van der Waals surface area contributed by atoms with Gasteiger partial charge in [-0.15, -0.1) is 13.2 Å². The number of benzene rings is 1. The van der Waals surface area contributed by atoms with Gasteiger partial charge in [0.25, 0.3) is 0 Å². The molecule has 1 aliphatic rings. The van der Waals surface area contributed by atoms with Crippen LogP contribution in [0.2, 0.25) is 0 Å². The van der Waals surface area contributed by atoms with E-state index in [9.17, 15) is 22.4 Å². The molecular weight excluding hydrogens is 390 g/mol. The van der Waals surface area contributed by atoms with Crippen LogP contribution < -0.4 is 4.74 Å². The fourth-order valence-electron chi connectivity index (χ4n) is 3.17. The molecule has 0 N–H and O–H groups in total. The van der Waals surface area contributed by atoms with E-state index in [1.807, 2.05) is 6.08 Å². The number of rotatable bonds is 7. The van der Waals surface area contributed by atoms with Gasteiger partial charge in [-0.1, -0.05) is 12.2 Å². The van der Waals surface area contributed by atoms with Crippen molar-refractivity contribution in [1.82, 2.24) is 0 Å². The number of nitrogens with zero attached hydrogens (tertiary/aromatic N) is 1. The maximum Gasteiger partial charge on any atom is 0.573 e. The highest BCUT2D eigenvalue weighted by Gasteiger charge is 2.31. The topological polar surface area (TPSA) is 59.3 Å². The second kappa shape index (κ2) is 10.6. The maximum atomic E-state index is 12.6. The smallest absolute Gasteiger partial charge is 0.459 e. The third-order valence-electron chi connectivity index (χ3n) is 4.62. The Morgan fingerprint density at radius 2 is 1.83 bits per heavy atom. The molecule has 0 aliphatic heterocycles. The van der Waals surface area contributed by atoms with Gasteiger partial charge in [0, 0.05) is 0 Å². The molecule has 4 nitrogen and oxygen atoms in total. The molecule has 8 heteroatoms. The number of hydrogen-bond donors (Lipinski definition) is 0. The molecule has 0 unspecified atom stereocenters. The number of allylic oxidation sites excluding steroid dienone is 4. The summed E-state index contributed by atoms with van der Waals surface area (Å²) >= 11 is 0. The van der Waals surface area contributed by atoms with Crippen LogP contribution in [-0.2, 0) is 4.74 Å². The second-order valence-electron chi connectivity index (χ2n) is 6.75. The summed E-state index contributed by atoms with van der Waals surface area (Å²) in [4.78, 5) is 12.2. The number of carbonyl (C=O) groups excluding carboxylic acids is 1. The average molecular weight is 411 g/mol.